The first kappa shape index (κ1) is 42.1. The van der Waals surface area contributed by atoms with Crippen molar-refractivity contribution in [2.45, 2.75) is 171 Å². The van der Waals surface area contributed by atoms with Gasteiger partial charge in [-0.3, -0.25) is 13.8 Å². The van der Waals surface area contributed by atoms with Crippen LogP contribution in [0, 0.1) is 0 Å². The molecule has 8 atom stereocenters. The summed E-state index contributed by atoms with van der Waals surface area (Å²) in [6, 6.07) is -1.15. The van der Waals surface area contributed by atoms with Gasteiger partial charge in [0.2, 0.25) is 5.91 Å². The monoisotopic (exact) mass is 669 g/mol. The molecule has 8 unspecified atom stereocenters. The second kappa shape index (κ2) is 23.4. The maximum Gasteiger partial charge on any atom is 0.472 e. The van der Waals surface area contributed by atoms with Crippen molar-refractivity contribution >= 4 is 13.7 Å². The zero-order chi connectivity index (χ0) is 33.8. The van der Waals surface area contributed by atoms with Gasteiger partial charge in [-0.25, -0.2) is 4.57 Å². The number of hydrogen-bond acceptors (Lipinski definition) is 11. The first-order valence-electron chi connectivity index (χ1n) is 16.7. The third-order valence-electron chi connectivity index (χ3n) is 8.13. The fourth-order valence-electron chi connectivity index (χ4n) is 5.22. The summed E-state index contributed by atoms with van der Waals surface area (Å²) in [6.07, 6.45) is 3.55. The fourth-order valence-corrected chi connectivity index (χ4v) is 6.19. The number of phosphoric ester groups is 1. The molecule has 0 aromatic heterocycles. The lowest BCUT2D eigenvalue weighted by molar-refractivity contribution is -0.220. The summed E-state index contributed by atoms with van der Waals surface area (Å²) >= 11 is 0. The molecule has 0 radical (unpaired) electrons. The van der Waals surface area contributed by atoms with Crippen LogP contribution < -0.4 is 5.32 Å². The highest BCUT2D eigenvalue weighted by Crippen LogP contribution is 2.47. The topological polar surface area (TPSA) is 226 Å². The standard InChI is InChI=1S/C31H60NO12P/c1-3-5-7-9-11-13-14-16-18-22(33)20-25(35)32-23(24(34)19-17-15-12-10-8-6-4-2)21-43-45(41,42)44-31-29(39)27(37)26(36)28(38)30(31)40/h9,11,22-24,26-31,33-34,36-40H,3-8,10,12-21H2,1-2H3,(H,32,35)(H,41,42)/b11-9-. The zero-order valence-electron chi connectivity index (χ0n) is 27.0. The average molecular weight is 670 g/mol. The van der Waals surface area contributed by atoms with Gasteiger partial charge in [0.15, 0.2) is 0 Å². The molecule has 0 bridgehead atoms. The van der Waals surface area contributed by atoms with Gasteiger partial charge in [0, 0.05) is 0 Å². The summed E-state index contributed by atoms with van der Waals surface area (Å²) in [7, 11) is -5.09. The van der Waals surface area contributed by atoms with Gasteiger partial charge >= 0.3 is 7.82 Å². The normalized spacial score (nSPS) is 27.2. The first-order valence-corrected chi connectivity index (χ1v) is 18.2. The molecule has 0 aromatic carbocycles. The van der Waals surface area contributed by atoms with Gasteiger partial charge in [-0.2, -0.15) is 0 Å². The van der Waals surface area contributed by atoms with Crippen molar-refractivity contribution in [1.29, 1.82) is 0 Å². The van der Waals surface area contributed by atoms with Crippen LogP contribution in [0.2, 0.25) is 0 Å². The van der Waals surface area contributed by atoms with Gasteiger partial charge in [-0.15, -0.1) is 0 Å². The quantitative estimate of drug-likeness (QED) is 0.0388. The lowest BCUT2D eigenvalue weighted by Crippen LogP contribution is -2.64. The highest BCUT2D eigenvalue weighted by atomic mass is 31.2. The number of unbranched alkanes of at least 4 members (excludes halogenated alkanes) is 10. The number of hydrogen-bond donors (Lipinski definition) is 9. The van der Waals surface area contributed by atoms with E-state index in [2.05, 4.69) is 31.3 Å². The highest BCUT2D eigenvalue weighted by Gasteiger charge is 2.51. The van der Waals surface area contributed by atoms with Gasteiger partial charge in [0.25, 0.3) is 0 Å². The maximum absolute atomic E-state index is 12.8. The number of phosphoric acid groups is 1. The lowest BCUT2D eigenvalue weighted by Gasteiger charge is -2.41. The van der Waals surface area contributed by atoms with Crippen molar-refractivity contribution in [3.8, 4) is 0 Å². The van der Waals surface area contributed by atoms with Gasteiger partial charge in [-0.1, -0.05) is 90.2 Å². The average Bonchev–Trinajstić information content (AvgIpc) is 3.00. The molecule has 1 aliphatic carbocycles. The smallest absolute Gasteiger partial charge is 0.393 e. The van der Waals surface area contributed by atoms with E-state index in [1.807, 2.05) is 0 Å². The summed E-state index contributed by atoms with van der Waals surface area (Å²) in [5.74, 6) is -0.582. The molecule has 0 aromatic rings. The minimum absolute atomic E-state index is 0.237. The van der Waals surface area contributed by atoms with Gasteiger partial charge < -0.3 is 46.0 Å². The second-order valence-corrected chi connectivity index (χ2v) is 13.6. The van der Waals surface area contributed by atoms with Gasteiger partial charge in [0.1, 0.15) is 36.6 Å². The Balaban J connectivity index is 2.72. The molecular weight excluding hydrogens is 609 g/mol. The van der Waals surface area contributed by atoms with Gasteiger partial charge in [0.05, 0.1) is 31.3 Å². The van der Waals surface area contributed by atoms with E-state index in [1.165, 1.54) is 0 Å². The molecule has 1 rings (SSSR count). The van der Waals surface area contributed by atoms with Crippen molar-refractivity contribution in [1.82, 2.24) is 5.32 Å². The molecule has 1 amide bonds. The van der Waals surface area contributed by atoms with E-state index in [4.69, 9.17) is 9.05 Å². The van der Waals surface area contributed by atoms with Crippen molar-refractivity contribution in [3.63, 3.8) is 0 Å². The van der Waals surface area contributed by atoms with Crippen LogP contribution in [0.15, 0.2) is 12.2 Å². The van der Waals surface area contributed by atoms with E-state index in [0.717, 1.165) is 77.0 Å². The molecule has 1 saturated carbocycles. The van der Waals surface area contributed by atoms with Crippen LogP contribution in [0.25, 0.3) is 0 Å². The predicted octanol–water partition coefficient (Wildman–Crippen LogP) is 2.35. The number of rotatable bonds is 25. The lowest BCUT2D eigenvalue weighted by atomic mass is 9.85. The highest BCUT2D eigenvalue weighted by molar-refractivity contribution is 7.47. The summed E-state index contributed by atoms with van der Waals surface area (Å²) in [6.45, 7) is 3.58. The molecule has 14 heteroatoms. The summed E-state index contributed by atoms with van der Waals surface area (Å²) in [5, 5.41) is 73.6. The zero-order valence-corrected chi connectivity index (χ0v) is 27.9. The van der Waals surface area contributed by atoms with E-state index in [1.54, 1.807) is 0 Å². The molecule has 9 N–H and O–H groups in total. The molecule has 1 fully saturated rings. The summed E-state index contributed by atoms with van der Waals surface area (Å²) in [5.41, 5.74) is 0. The minimum atomic E-state index is -5.09. The predicted molar refractivity (Wildman–Crippen MR) is 169 cm³/mol. The Morgan fingerprint density at radius 2 is 1.27 bits per heavy atom. The molecule has 1 aliphatic rings. The number of nitrogens with one attached hydrogen (secondary N) is 1. The Morgan fingerprint density at radius 3 is 1.87 bits per heavy atom. The van der Waals surface area contributed by atoms with Gasteiger partial charge in [-0.05, 0) is 32.1 Å². The van der Waals surface area contributed by atoms with Crippen LogP contribution in [0.4, 0.5) is 0 Å². The molecule has 0 aliphatic heterocycles. The molecule has 45 heavy (non-hydrogen) atoms. The molecule has 0 heterocycles. The fraction of sp³-hybridized carbons (Fsp3) is 0.903. The summed E-state index contributed by atoms with van der Waals surface area (Å²) in [4.78, 5) is 23.0. The molecule has 0 saturated heterocycles. The van der Waals surface area contributed by atoms with Crippen molar-refractivity contribution in [2.24, 2.45) is 0 Å². The summed E-state index contributed by atoms with van der Waals surface area (Å²) < 4.78 is 22.6. The van der Waals surface area contributed by atoms with Crippen molar-refractivity contribution in [3.05, 3.63) is 12.2 Å². The number of aliphatic hydroxyl groups excluding tert-OH is 7. The van der Waals surface area contributed by atoms with E-state index in [9.17, 15) is 50.0 Å². The number of carbonyl (C=O) groups is 1. The van der Waals surface area contributed by atoms with Crippen LogP contribution in [-0.2, 0) is 18.4 Å². The van der Waals surface area contributed by atoms with Crippen LogP contribution in [0.3, 0.4) is 0 Å². The Kier molecular flexibility index (Phi) is 21.9. The van der Waals surface area contributed by atoms with E-state index >= 15 is 0 Å². The third-order valence-corrected chi connectivity index (χ3v) is 9.11. The maximum atomic E-state index is 12.8. The molecule has 0 spiro atoms. The van der Waals surface area contributed by atoms with Crippen LogP contribution in [0.5, 0.6) is 0 Å². The first-order chi connectivity index (χ1) is 21.3. The number of carbonyl (C=O) groups excluding carboxylic acids is 1. The van der Waals surface area contributed by atoms with Crippen LogP contribution in [-0.4, -0.2) is 108 Å². The number of allylic oxidation sites excluding steroid dienone is 2. The second-order valence-electron chi connectivity index (χ2n) is 12.2. The van der Waals surface area contributed by atoms with E-state index in [-0.39, 0.29) is 12.8 Å². The largest absolute Gasteiger partial charge is 0.472 e. The Hall–Kier alpha value is -0.960. The molecule has 266 valence electrons. The van der Waals surface area contributed by atoms with E-state index < -0.39 is 75.2 Å². The van der Waals surface area contributed by atoms with Crippen molar-refractivity contribution in [2.75, 3.05) is 6.61 Å². The van der Waals surface area contributed by atoms with Crippen molar-refractivity contribution < 1.29 is 59.0 Å². The number of aliphatic hydroxyl groups is 7. The third kappa shape index (κ3) is 17.1. The van der Waals surface area contributed by atoms with Crippen LogP contribution >= 0.6 is 7.82 Å². The Morgan fingerprint density at radius 1 is 0.756 bits per heavy atom. The number of amides is 1. The molecule has 13 nitrogen and oxygen atoms in total. The molecular formula is C31H60NO12P. The van der Waals surface area contributed by atoms with E-state index in [0.29, 0.717) is 12.8 Å². The SMILES string of the molecule is CCCC/C=C\CCCCC(O)CC(=O)NC(COP(=O)(O)OC1C(O)C(O)C(O)C(O)C1O)C(O)CCCCCCCCC. The van der Waals surface area contributed by atoms with Crippen LogP contribution in [0.1, 0.15) is 117 Å². The Bertz CT molecular complexity index is 848. The minimum Gasteiger partial charge on any atom is -0.393 e. The Labute approximate surface area is 268 Å².